The molecule has 0 bridgehead atoms. The summed E-state index contributed by atoms with van der Waals surface area (Å²) >= 11 is 6.14. The largest absolute Gasteiger partial charge is 0.493 e. The van der Waals surface area contributed by atoms with Gasteiger partial charge < -0.3 is 19.1 Å². The summed E-state index contributed by atoms with van der Waals surface area (Å²) in [7, 11) is 0. The highest BCUT2D eigenvalue weighted by Crippen LogP contribution is 2.36. The molecule has 2 aromatic rings. The lowest BCUT2D eigenvalue weighted by Crippen LogP contribution is -2.52. The van der Waals surface area contributed by atoms with Gasteiger partial charge in [0.05, 0.1) is 6.61 Å². The Balaban J connectivity index is 1.49. The molecular formula is C26H35ClN4O3. The van der Waals surface area contributed by atoms with Crippen LogP contribution in [0.4, 0.5) is 0 Å². The van der Waals surface area contributed by atoms with Crippen LogP contribution >= 0.6 is 11.6 Å². The summed E-state index contributed by atoms with van der Waals surface area (Å²) in [5, 5.41) is 0.614. The van der Waals surface area contributed by atoms with Crippen LogP contribution in [0.5, 0.6) is 5.75 Å². The van der Waals surface area contributed by atoms with Gasteiger partial charge in [-0.25, -0.2) is 4.98 Å². The van der Waals surface area contributed by atoms with Crippen LogP contribution < -0.4 is 4.74 Å². The van der Waals surface area contributed by atoms with Gasteiger partial charge in [0.25, 0.3) is 0 Å². The monoisotopic (exact) mass is 486 g/mol. The first-order chi connectivity index (χ1) is 16.5. The summed E-state index contributed by atoms with van der Waals surface area (Å²) in [5.74, 6) is 1.82. The topological polar surface area (TPSA) is 67.7 Å². The number of imidazole rings is 1. The fraction of sp³-hybridized carbons (Fsp3) is 0.577. The molecule has 0 unspecified atom stereocenters. The van der Waals surface area contributed by atoms with Crippen LogP contribution in [-0.2, 0) is 22.6 Å². The average molecular weight is 487 g/mol. The quantitative estimate of drug-likeness (QED) is 0.561. The van der Waals surface area contributed by atoms with Crippen molar-refractivity contribution in [3.8, 4) is 5.75 Å². The van der Waals surface area contributed by atoms with Crippen molar-refractivity contribution in [3.05, 3.63) is 47.5 Å². The Kier molecular flexibility index (Phi) is 8.14. The van der Waals surface area contributed by atoms with Crippen LogP contribution in [0.3, 0.4) is 0 Å². The van der Waals surface area contributed by atoms with E-state index in [9.17, 15) is 9.59 Å². The Bertz CT molecular complexity index is 988. The van der Waals surface area contributed by atoms with E-state index in [4.69, 9.17) is 16.3 Å². The van der Waals surface area contributed by atoms with Gasteiger partial charge in [0.2, 0.25) is 11.8 Å². The lowest BCUT2D eigenvalue weighted by atomic mass is 9.77. The fourth-order valence-electron chi connectivity index (χ4n) is 5.15. The molecule has 1 aromatic heterocycles. The molecule has 4 rings (SSSR count). The number of aromatic nitrogens is 2. The first kappa shape index (κ1) is 24.6. The molecule has 184 valence electrons. The number of hydrogen-bond donors (Lipinski definition) is 0. The molecule has 7 nitrogen and oxygen atoms in total. The van der Waals surface area contributed by atoms with Crippen molar-refractivity contribution in [1.29, 1.82) is 0 Å². The van der Waals surface area contributed by atoms with Crippen molar-refractivity contribution in [2.45, 2.75) is 58.4 Å². The lowest BCUT2D eigenvalue weighted by Gasteiger charge is -2.43. The number of piperidine rings is 2. The SMILES string of the molecule is CCc1nccn1CC(=O)N1CCC[C@@](COc2cccc(Cl)c2)(CC(=O)N2CCCCC2)C1. The van der Waals surface area contributed by atoms with E-state index in [0.29, 0.717) is 36.9 Å². The summed E-state index contributed by atoms with van der Waals surface area (Å²) in [5.41, 5.74) is -0.423. The number of aryl methyl sites for hydroxylation is 1. The van der Waals surface area contributed by atoms with Crippen LogP contribution in [0.25, 0.3) is 0 Å². The smallest absolute Gasteiger partial charge is 0.242 e. The zero-order valence-corrected chi connectivity index (χ0v) is 20.8. The van der Waals surface area contributed by atoms with Crippen LogP contribution in [0.1, 0.15) is 51.3 Å². The van der Waals surface area contributed by atoms with E-state index in [1.807, 2.05) is 45.7 Å². The number of amides is 2. The Hall–Kier alpha value is -2.54. The minimum absolute atomic E-state index is 0.0601. The molecule has 1 atom stereocenters. The first-order valence-electron chi connectivity index (χ1n) is 12.4. The Morgan fingerprint density at radius 1 is 1.09 bits per heavy atom. The van der Waals surface area contributed by atoms with E-state index in [-0.39, 0.29) is 18.4 Å². The van der Waals surface area contributed by atoms with Crippen molar-refractivity contribution in [2.75, 3.05) is 32.8 Å². The molecule has 2 amide bonds. The van der Waals surface area contributed by atoms with Crippen molar-refractivity contribution >= 4 is 23.4 Å². The highest BCUT2D eigenvalue weighted by atomic mass is 35.5. The summed E-state index contributed by atoms with van der Waals surface area (Å²) in [6, 6.07) is 7.34. The molecule has 2 aliphatic rings. The number of benzene rings is 1. The van der Waals surface area contributed by atoms with E-state index in [0.717, 1.165) is 51.0 Å². The Labute approximate surface area is 207 Å². The van der Waals surface area contributed by atoms with Gasteiger partial charge in [-0.05, 0) is 50.3 Å². The molecule has 0 spiro atoms. The van der Waals surface area contributed by atoms with Crippen LogP contribution in [0.15, 0.2) is 36.7 Å². The van der Waals surface area contributed by atoms with Gasteiger partial charge in [0.1, 0.15) is 18.1 Å². The molecule has 0 N–H and O–H groups in total. The number of rotatable bonds is 8. The van der Waals surface area contributed by atoms with Gasteiger partial charge in [-0.1, -0.05) is 24.6 Å². The number of carbonyl (C=O) groups excluding carboxylic acids is 2. The van der Waals surface area contributed by atoms with Gasteiger partial charge in [0, 0.05) is 61.9 Å². The molecule has 0 saturated carbocycles. The maximum Gasteiger partial charge on any atom is 0.242 e. The zero-order chi connectivity index (χ0) is 24.0. The number of halogens is 1. The third-order valence-corrected chi connectivity index (χ3v) is 7.25. The molecule has 2 aliphatic heterocycles. The molecule has 1 aromatic carbocycles. The van der Waals surface area contributed by atoms with Crippen LogP contribution in [0.2, 0.25) is 5.02 Å². The maximum atomic E-state index is 13.3. The summed E-state index contributed by atoms with van der Waals surface area (Å²) in [4.78, 5) is 34.8. The highest BCUT2D eigenvalue weighted by Gasteiger charge is 2.41. The third-order valence-electron chi connectivity index (χ3n) is 7.01. The molecule has 2 fully saturated rings. The molecule has 0 aliphatic carbocycles. The Morgan fingerprint density at radius 3 is 2.65 bits per heavy atom. The normalized spacial score (nSPS) is 20.9. The molecule has 2 saturated heterocycles. The Morgan fingerprint density at radius 2 is 1.88 bits per heavy atom. The minimum atomic E-state index is -0.423. The van der Waals surface area contributed by atoms with Gasteiger partial charge in [0.15, 0.2) is 0 Å². The van der Waals surface area contributed by atoms with E-state index in [1.165, 1.54) is 6.42 Å². The number of likely N-dealkylation sites (tertiary alicyclic amines) is 2. The average Bonchev–Trinajstić information content (AvgIpc) is 3.30. The summed E-state index contributed by atoms with van der Waals surface area (Å²) < 4.78 is 8.10. The van der Waals surface area contributed by atoms with Crippen molar-refractivity contribution in [1.82, 2.24) is 19.4 Å². The second kappa shape index (κ2) is 11.3. The van der Waals surface area contributed by atoms with E-state index >= 15 is 0 Å². The number of carbonyl (C=O) groups is 2. The van der Waals surface area contributed by atoms with Crippen molar-refractivity contribution in [2.24, 2.45) is 5.41 Å². The first-order valence-corrected chi connectivity index (χ1v) is 12.8. The predicted octanol–water partition coefficient (Wildman–Crippen LogP) is 4.19. The van der Waals surface area contributed by atoms with E-state index in [1.54, 1.807) is 12.3 Å². The van der Waals surface area contributed by atoms with Crippen molar-refractivity contribution < 1.29 is 14.3 Å². The highest BCUT2D eigenvalue weighted by molar-refractivity contribution is 6.30. The lowest BCUT2D eigenvalue weighted by molar-refractivity contribution is -0.142. The second-order valence-electron chi connectivity index (χ2n) is 9.61. The molecule has 8 heteroatoms. The van der Waals surface area contributed by atoms with Gasteiger partial charge in [-0.3, -0.25) is 9.59 Å². The summed E-state index contributed by atoms with van der Waals surface area (Å²) in [6.45, 7) is 5.55. The van der Waals surface area contributed by atoms with Gasteiger partial charge in [-0.2, -0.15) is 0 Å². The summed E-state index contributed by atoms with van der Waals surface area (Å²) in [6.07, 6.45) is 9.78. The molecular weight excluding hydrogens is 452 g/mol. The number of ether oxygens (including phenoxy) is 1. The molecule has 34 heavy (non-hydrogen) atoms. The van der Waals surface area contributed by atoms with Crippen LogP contribution in [-0.4, -0.2) is 64.0 Å². The number of hydrogen-bond acceptors (Lipinski definition) is 4. The van der Waals surface area contributed by atoms with E-state index < -0.39 is 5.41 Å². The molecule has 3 heterocycles. The van der Waals surface area contributed by atoms with Crippen LogP contribution in [0, 0.1) is 5.41 Å². The van der Waals surface area contributed by atoms with Crippen molar-refractivity contribution in [3.63, 3.8) is 0 Å². The van der Waals surface area contributed by atoms with Gasteiger partial charge in [-0.15, -0.1) is 0 Å². The van der Waals surface area contributed by atoms with Gasteiger partial charge >= 0.3 is 0 Å². The predicted molar refractivity (Wildman–Crippen MR) is 132 cm³/mol. The van der Waals surface area contributed by atoms with E-state index in [2.05, 4.69) is 4.98 Å². The second-order valence-corrected chi connectivity index (χ2v) is 10.0. The third kappa shape index (κ3) is 6.12. The number of nitrogens with zero attached hydrogens (tertiary/aromatic N) is 4. The maximum absolute atomic E-state index is 13.3. The fourth-order valence-corrected chi connectivity index (χ4v) is 5.33. The standard InChI is InChI=1S/C26H35ClN4O3/c1-2-23-28-11-15-30(23)18-25(33)31-14-7-10-26(19-31,17-24(32)29-12-4-3-5-13-29)20-34-22-9-6-8-21(27)16-22/h6,8-9,11,15-16H,2-5,7,10,12-14,17-20H2,1H3/t26-/m1/s1. The zero-order valence-electron chi connectivity index (χ0n) is 20.0. The molecule has 0 radical (unpaired) electrons. The minimum Gasteiger partial charge on any atom is -0.493 e.